The van der Waals surface area contributed by atoms with Gasteiger partial charge in [-0.1, -0.05) is 30.3 Å². The summed E-state index contributed by atoms with van der Waals surface area (Å²) in [4.78, 5) is 48.5. The Kier molecular flexibility index (Phi) is 9.14. The molecule has 31 heavy (non-hydrogen) atoms. The fraction of sp³-hybridized carbons (Fsp3) is 0.400. The molecule has 2 amide bonds. The standard InChI is InChI=1S/C20H22Cl2N2O7/c1-12(9-21)19(20(28)30-10-13-4-3-5-14(6-13)29-2)24-16(8-18(24)27)23-17(26)7-15(22)31-11-25/h3-6,11,15-16,19H,1,7-10H2,2H3,(H,23,26). The van der Waals surface area contributed by atoms with Crippen LogP contribution in [0.5, 0.6) is 5.75 Å². The number of alkyl halides is 2. The lowest BCUT2D eigenvalue weighted by atomic mass is 10.00. The molecule has 168 valence electrons. The molecule has 0 radical (unpaired) electrons. The molecule has 1 fully saturated rings. The number of hydrogen-bond donors (Lipinski definition) is 1. The summed E-state index contributed by atoms with van der Waals surface area (Å²) in [6, 6.07) is 5.79. The van der Waals surface area contributed by atoms with Crippen molar-refractivity contribution in [1.29, 1.82) is 0 Å². The second kappa shape index (κ2) is 11.6. The first kappa shape index (κ1) is 24.5. The lowest BCUT2D eigenvalue weighted by Crippen LogP contribution is -2.66. The zero-order valence-corrected chi connectivity index (χ0v) is 18.2. The third-order valence-corrected chi connectivity index (χ3v) is 5.04. The Balaban J connectivity index is 2.06. The molecule has 0 aliphatic carbocycles. The Hall–Kier alpha value is -2.78. The van der Waals surface area contributed by atoms with Gasteiger partial charge in [0.15, 0.2) is 11.6 Å². The maximum atomic E-state index is 12.8. The minimum absolute atomic E-state index is 0.0253. The number of β-lactam (4-membered cyclic amide) rings is 1. The summed E-state index contributed by atoms with van der Waals surface area (Å²) >= 11 is 11.5. The summed E-state index contributed by atoms with van der Waals surface area (Å²) < 4.78 is 15.0. The van der Waals surface area contributed by atoms with E-state index in [1.54, 1.807) is 24.3 Å². The maximum absolute atomic E-state index is 12.8. The van der Waals surface area contributed by atoms with Gasteiger partial charge in [-0.2, -0.15) is 0 Å². The van der Waals surface area contributed by atoms with Gasteiger partial charge in [-0.25, -0.2) is 4.79 Å². The van der Waals surface area contributed by atoms with E-state index in [4.69, 9.17) is 32.7 Å². The minimum Gasteiger partial charge on any atom is -0.497 e. The molecule has 1 aliphatic rings. The lowest BCUT2D eigenvalue weighted by Gasteiger charge is -2.44. The number of rotatable bonds is 12. The van der Waals surface area contributed by atoms with Crippen molar-refractivity contribution in [1.82, 2.24) is 10.2 Å². The summed E-state index contributed by atoms with van der Waals surface area (Å²) in [5, 5.41) is 2.57. The number of esters is 1. The van der Waals surface area contributed by atoms with Crippen LogP contribution in [0.15, 0.2) is 36.4 Å². The van der Waals surface area contributed by atoms with Crippen molar-refractivity contribution in [2.24, 2.45) is 0 Å². The highest BCUT2D eigenvalue weighted by molar-refractivity contribution is 6.21. The van der Waals surface area contributed by atoms with Crippen LogP contribution in [-0.4, -0.2) is 59.9 Å². The molecule has 1 aromatic carbocycles. The van der Waals surface area contributed by atoms with Crippen LogP contribution in [0.2, 0.25) is 0 Å². The summed E-state index contributed by atoms with van der Waals surface area (Å²) in [7, 11) is 1.52. The van der Waals surface area contributed by atoms with Crippen LogP contribution in [0.3, 0.4) is 0 Å². The first-order valence-electron chi connectivity index (χ1n) is 9.17. The monoisotopic (exact) mass is 472 g/mol. The van der Waals surface area contributed by atoms with Gasteiger partial charge in [0, 0.05) is 5.88 Å². The summed E-state index contributed by atoms with van der Waals surface area (Å²) in [6.07, 6.45) is -1.13. The molecule has 3 atom stereocenters. The van der Waals surface area contributed by atoms with Crippen LogP contribution >= 0.6 is 23.2 Å². The van der Waals surface area contributed by atoms with Crippen molar-refractivity contribution in [3.05, 3.63) is 42.0 Å². The van der Waals surface area contributed by atoms with E-state index in [0.29, 0.717) is 11.3 Å². The van der Waals surface area contributed by atoms with E-state index >= 15 is 0 Å². The molecule has 9 nitrogen and oxygen atoms in total. The number of methoxy groups -OCH3 is 1. The van der Waals surface area contributed by atoms with Gasteiger partial charge in [-0.05, 0) is 23.3 Å². The SMILES string of the molecule is C=C(CCl)C(C(=O)OCc1cccc(OC)c1)N1C(=O)CC1NC(=O)CC(Cl)OC=O. The molecule has 0 spiro atoms. The van der Waals surface area contributed by atoms with Gasteiger partial charge < -0.3 is 24.4 Å². The number of likely N-dealkylation sites (tertiary alicyclic amines) is 1. The number of halogens is 2. The van der Waals surface area contributed by atoms with E-state index < -0.39 is 29.6 Å². The number of carbonyl (C=O) groups is 4. The third kappa shape index (κ3) is 6.60. The molecule has 11 heteroatoms. The van der Waals surface area contributed by atoms with Gasteiger partial charge in [0.25, 0.3) is 6.47 Å². The Morgan fingerprint density at radius 3 is 2.77 bits per heavy atom. The molecule has 1 heterocycles. The molecule has 1 N–H and O–H groups in total. The molecule has 2 rings (SSSR count). The first-order valence-corrected chi connectivity index (χ1v) is 10.1. The van der Waals surface area contributed by atoms with E-state index in [9.17, 15) is 19.2 Å². The van der Waals surface area contributed by atoms with Crippen molar-refractivity contribution in [3.63, 3.8) is 0 Å². The summed E-state index contributed by atoms with van der Waals surface area (Å²) in [5.41, 5.74) is -0.224. The molecule has 1 saturated heterocycles. The van der Waals surface area contributed by atoms with Crippen molar-refractivity contribution in [3.8, 4) is 5.75 Å². The van der Waals surface area contributed by atoms with Crippen molar-refractivity contribution >= 4 is 47.5 Å². The maximum Gasteiger partial charge on any atom is 0.333 e. The van der Waals surface area contributed by atoms with Gasteiger partial charge in [0.2, 0.25) is 11.8 Å². The van der Waals surface area contributed by atoms with E-state index in [-0.39, 0.29) is 43.3 Å². The predicted molar refractivity (Wildman–Crippen MR) is 111 cm³/mol. The second-order valence-electron chi connectivity index (χ2n) is 6.59. The van der Waals surface area contributed by atoms with Gasteiger partial charge in [0.05, 0.1) is 20.0 Å². The molecule has 1 aliphatic heterocycles. The first-order chi connectivity index (χ1) is 14.8. The van der Waals surface area contributed by atoms with E-state index in [1.807, 2.05) is 0 Å². The lowest BCUT2D eigenvalue weighted by molar-refractivity contribution is -0.166. The Morgan fingerprint density at radius 1 is 1.42 bits per heavy atom. The van der Waals surface area contributed by atoms with E-state index in [2.05, 4.69) is 16.6 Å². The Labute approximate surface area is 189 Å². The average molecular weight is 473 g/mol. The van der Waals surface area contributed by atoms with Crippen molar-refractivity contribution in [2.75, 3.05) is 13.0 Å². The highest BCUT2D eigenvalue weighted by Crippen LogP contribution is 2.26. The number of benzene rings is 1. The quantitative estimate of drug-likeness (QED) is 0.162. The summed E-state index contributed by atoms with van der Waals surface area (Å²) in [5.74, 6) is -1.18. The zero-order chi connectivity index (χ0) is 23.0. The molecule has 0 aromatic heterocycles. The highest BCUT2D eigenvalue weighted by atomic mass is 35.5. The van der Waals surface area contributed by atoms with E-state index in [0.717, 1.165) is 4.90 Å². The molecular weight excluding hydrogens is 451 g/mol. The summed E-state index contributed by atoms with van der Waals surface area (Å²) in [6.45, 7) is 3.83. The zero-order valence-electron chi connectivity index (χ0n) is 16.7. The van der Waals surface area contributed by atoms with Crippen LogP contribution in [0.25, 0.3) is 0 Å². The number of nitrogens with one attached hydrogen (secondary N) is 1. The van der Waals surface area contributed by atoms with Crippen LogP contribution < -0.4 is 10.1 Å². The Bertz CT molecular complexity index is 849. The van der Waals surface area contributed by atoms with Gasteiger partial charge in [-0.3, -0.25) is 14.4 Å². The molecule has 3 unspecified atom stereocenters. The fourth-order valence-electron chi connectivity index (χ4n) is 2.92. The van der Waals surface area contributed by atoms with Crippen LogP contribution in [-0.2, 0) is 35.3 Å². The number of ether oxygens (including phenoxy) is 3. The molecule has 1 aromatic rings. The van der Waals surface area contributed by atoms with Gasteiger partial charge >= 0.3 is 5.97 Å². The number of carbonyl (C=O) groups excluding carboxylic acids is 4. The fourth-order valence-corrected chi connectivity index (χ4v) is 3.25. The molecular formula is C20H22Cl2N2O7. The van der Waals surface area contributed by atoms with Crippen LogP contribution in [0.1, 0.15) is 18.4 Å². The topological polar surface area (TPSA) is 111 Å². The minimum atomic E-state index is -1.17. The molecule has 0 saturated carbocycles. The number of amides is 2. The largest absolute Gasteiger partial charge is 0.497 e. The van der Waals surface area contributed by atoms with E-state index in [1.165, 1.54) is 7.11 Å². The second-order valence-corrected chi connectivity index (χ2v) is 7.34. The smallest absolute Gasteiger partial charge is 0.333 e. The van der Waals surface area contributed by atoms with Crippen LogP contribution in [0.4, 0.5) is 0 Å². The third-order valence-electron chi connectivity index (χ3n) is 4.44. The number of nitrogens with zero attached hydrogens (tertiary/aromatic N) is 1. The van der Waals surface area contributed by atoms with Crippen molar-refractivity contribution in [2.45, 2.75) is 37.2 Å². The van der Waals surface area contributed by atoms with Gasteiger partial charge in [0.1, 0.15) is 18.5 Å². The van der Waals surface area contributed by atoms with Gasteiger partial charge in [-0.15, -0.1) is 11.6 Å². The number of hydrogen-bond acceptors (Lipinski definition) is 7. The Morgan fingerprint density at radius 2 is 2.16 bits per heavy atom. The van der Waals surface area contributed by atoms with Crippen LogP contribution in [0, 0.1) is 0 Å². The molecule has 0 bridgehead atoms. The highest BCUT2D eigenvalue weighted by Gasteiger charge is 2.46. The average Bonchev–Trinajstić information content (AvgIpc) is 2.75. The predicted octanol–water partition coefficient (Wildman–Crippen LogP) is 1.70. The normalized spacial score (nSPS) is 17.1. The van der Waals surface area contributed by atoms with Crippen molar-refractivity contribution < 1.29 is 33.4 Å².